The Hall–Kier alpha value is -1.53. The second-order valence-electron chi connectivity index (χ2n) is 6.57. The highest BCUT2D eigenvalue weighted by molar-refractivity contribution is 7.99. The topological polar surface area (TPSA) is 64.6 Å². The summed E-state index contributed by atoms with van der Waals surface area (Å²) in [7, 11) is 0. The van der Waals surface area contributed by atoms with Gasteiger partial charge in [0.25, 0.3) is 5.91 Å². The van der Waals surface area contributed by atoms with E-state index in [2.05, 4.69) is 5.32 Å². The maximum absolute atomic E-state index is 12.4. The second kappa shape index (κ2) is 9.25. The van der Waals surface area contributed by atoms with Gasteiger partial charge in [-0.2, -0.15) is 0 Å². The number of carbonyl (C=O) groups is 2. The van der Waals surface area contributed by atoms with Gasteiger partial charge in [0, 0.05) is 23.3 Å². The molecule has 1 aliphatic carbocycles. The molecule has 1 heterocycles. The molecule has 5 nitrogen and oxygen atoms in total. The molecule has 1 atom stereocenters. The van der Waals surface area contributed by atoms with Gasteiger partial charge in [0.15, 0.2) is 6.61 Å². The first kappa shape index (κ1) is 18.3. The zero-order chi connectivity index (χ0) is 17.5. The van der Waals surface area contributed by atoms with Crippen LogP contribution in [0.25, 0.3) is 0 Å². The lowest BCUT2D eigenvalue weighted by Gasteiger charge is -2.13. The Labute approximate surface area is 152 Å². The normalized spacial score (nSPS) is 20.6. The number of rotatable bonds is 7. The predicted molar refractivity (Wildman–Crippen MR) is 96.8 cm³/mol. The summed E-state index contributed by atoms with van der Waals surface area (Å²) in [5.74, 6) is 0.161. The Morgan fingerprint density at radius 1 is 1.16 bits per heavy atom. The van der Waals surface area contributed by atoms with Gasteiger partial charge >= 0.3 is 5.97 Å². The van der Waals surface area contributed by atoms with Gasteiger partial charge in [-0.05, 0) is 37.8 Å². The fourth-order valence-corrected chi connectivity index (χ4v) is 4.38. The highest BCUT2D eigenvalue weighted by Crippen LogP contribution is 2.27. The van der Waals surface area contributed by atoms with Crippen molar-refractivity contribution >= 4 is 23.6 Å². The molecular formula is C19H25NO4S. The molecule has 2 fully saturated rings. The number of hydrogen-bond acceptors (Lipinski definition) is 5. The number of thioether (sulfide) groups is 1. The zero-order valence-electron chi connectivity index (χ0n) is 14.4. The number of amides is 1. The van der Waals surface area contributed by atoms with Gasteiger partial charge in [-0.3, -0.25) is 4.79 Å². The van der Waals surface area contributed by atoms with Gasteiger partial charge in [0.05, 0.1) is 11.7 Å². The van der Waals surface area contributed by atoms with Crippen LogP contribution in [0.5, 0.6) is 0 Å². The van der Waals surface area contributed by atoms with Crippen LogP contribution in [-0.2, 0) is 14.3 Å². The van der Waals surface area contributed by atoms with Gasteiger partial charge < -0.3 is 14.8 Å². The molecule has 1 saturated carbocycles. The van der Waals surface area contributed by atoms with Crippen molar-refractivity contribution in [3.05, 3.63) is 29.8 Å². The van der Waals surface area contributed by atoms with Gasteiger partial charge in [-0.15, -0.1) is 11.8 Å². The summed E-state index contributed by atoms with van der Waals surface area (Å²) in [4.78, 5) is 25.1. The monoisotopic (exact) mass is 363 g/mol. The minimum absolute atomic E-state index is 0.218. The number of hydrogen-bond donors (Lipinski definition) is 1. The van der Waals surface area contributed by atoms with Crippen molar-refractivity contribution < 1.29 is 19.1 Å². The molecule has 0 radical (unpaired) electrons. The molecule has 2 aliphatic rings. The Morgan fingerprint density at radius 3 is 2.72 bits per heavy atom. The number of ether oxygens (including phenoxy) is 2. The lowest BCUT2D eigenvalue weighted by atomic mass is 10.2. The van der Waals surface area contributed by atoms with E-state index in [1.807, 2.05) is 18.2 Å². The molecule has 3 rings (SSSR count). The SMILES string of the molecule is O=C(COC(=O)c1ccccc1SCC1CCCO1)NC1CCCC1. The molecule has 0 spiro atoms. The van der Waals surface area contributed by atoms with Crippen LogP contribution < -0.4 is 5.32 Å². The molecule has 1 aromatic rings. The Bertz CT molecular complexity index is 595. The molecule has 6 heteroatoms. The van der Waals surface area contributed by atoms with Gasteiger partial charge in [0.1, 0.15) is 0 Å². The van der Waals surface area contributed by atoms with Gasteiger partial charge in [0.2, 0.25) is 0 Å². The van der Waals surface area contributed by atoms with Crippen LogP contribution in [0, 0.1) is 0 Å². The zero-order valence-corrected chi connectivity index (χ0v) is 15.2. The molecule has 1 saturated heterocycles. The molecule has 1 aliphatic heterocycles. The minimum atomic E-state index is -0.447. The molecule has 0 aromatic heterocycles. The summed E-state index contributed by atoms with van der Waals surface area (Å²) in [6.45, 7) is 0.602. The third kappa shape index (κ3) is 5.47. The summed E-state index contributed by atoms with van der Waals surface area (Å²) >= 11 is 1.61. The average molecular weight is 363 g/mol. The van der Waals surface area contributed by atoms with Crippen molar-refractivity contribution in [3.63, 3.8) is 0 Å². The van der Waals surface area contributed by atoms with Crippen LogP contribution in [0.4, 0.5) is 0 Å². The summed E-state index contributed by atoms with van der Waals surface area (Å²) in [6, 6.07) is 7.61. The van der Waals surface area contributed by atoms with Crippen LogP contribution in [0.1, 0.15) is 48.9 Å². The van der Waals surface area contributed by atoms with E-state index in [1.165, 1.54) is 0 Å². The lowest BCUT2D eigenvalue weighted by Crippen LogP contribution is -2.35. The van der Waals surface area contributed by atoms with Crippen LogP contribution >= 0.6 is 11.8 Å². The predicted octanol–water partition coefficient (Wildman–Crippen LogP) is 3.17. The summed E-state index contributed by atoms with van der Waals surface area (Å²) in [5.41, 5.74) is 0.513. The summed E-state index contributed by atoms with van der Waals surface area (Å²) < 4.78 is 10.8. The van der Waals surface area contributed by atoms with Crippen LogP contribution in [-0.4, -0.2) is 43.0 Å². The molecule has 1 N–H and O–H groups in total. The third-order valence-corrected chi connectivity index (χ3v) is 5.82. The Kier molecular flexibility index (Phi) is 6.76. The van der Waals surface area contributed by atoms with E-state index >= 15 is 0 Å². The summed E-state index contributed by atoms with van der Waals surface area (Å²) in [6.07, 6.45) is 6.77. The van der Waals surface area contributed by atoms with E-state index in [4.69, 9.17) is 9.47 Å². The Balaban J connectivity index is 1.49. The van der Waals surface area contributed by atoms with Crippen LogP contribution in [0.2, 0.25) is 0 Å². The lowest BCUT2D eigenvalue weighted by molar-refractivity contribution is -0.124. The highest BCUT2D eigenvalue weighted by Gasteiger charge is 2.20. The molecule has 1 aromatic carbocycles. The van der Waals surface area contributed by atoms with E-state index < -0.39 is 5.97 Å². The Morgan fingerprint density at radius 2 is 1.96 bits per heavy atom. The molecule has 0 bridgehead atoms. The van der Waals surface area contributed by atoms with E-state index in [9.17, 15) is 9.59 Å². The number of esters is 1. The van der Waals surface area contributed by atoms with Crippen LogP contribution in [0.15, 0.2) is 29.2 Å². The van der Waals surface area contributed by atoms with Crippen LogP contribution in [0.3, 0.4) is 0 Å². The minimum Gasteiger partial charge on any atom is -0.452 e. The first-order chi connectivity index (χ1) is 12.2. The largest absolute Gasteiger partial charge is 0.452 e. The molecular weight excluding hydrogens is 338 g/mol. The van der Waals surface area contributed by atoms with Crippen molar-refractivity contribution in [2.75, 3.05) is 19.0 Å². The first-order valence-corrected chi connectivity index (χ1v) is 10.0. The molecule has 1 unspecified atom stereocenters. The smallest absolute Gasteiger partial charge is 0.339 e. The van der Waals surface area contributed by atoms with Gasteiger partial charge in [-0.25, -0.2) is 4.79 Å². The third-order valence-electron chi connectivity index (χ3n) is 4.61. The maximum atomic E-state index is 12.4. The molecule has 25 heavy (non-hydrogen) atoms. The quantitative estimate of drug-likeness (QED) is 0.595. The average Bonchev–Trinajstić information content (AvgIpc) is 3.32. The van der Waals surface area contributed by atoms with E-state index in [1.54, 1.807) is 17.8 Å². The van der Waals surface area contributed by atoms with E-state index in [-0.39, 0.29) is 24.7 Å². The fourth-order valence-electron chi connectivity index (χ4n) is 3.27. The number of carbonyl (C=O) groups excluding carboxylic acids is 2. The van der Waals surface area contributed by atoms with Crippen molar-refractivity contribution in [1.29, 1.82) is 0 Å². The van der Waals surface area contributed by atoms with Crippen molar-refractivity contribution in [1.82, 2.24) is 5.32 Å². The highest BCUT2D eigenvalue weighted by atomic mass is 32.2. The molecule has 136 valence electrons. The standard InChI is InChI=1S/C19H25NO4S/c21-18(20-14-6-1-2-7-14)12-24-19(22)16-9-3-4-10-17(16)25-13-15-8-5-11-23-15/h3-4,9-10,14-15H,1-2,5-8,11-13H2,(H,20,21). The number of benzene rings is 1. The van der Waals surface area contributed by atoms with Crippen molar-refractivity contribution in [2.24, 2.45) is 0 Å². The molecule has 1 amide bonds. The second-order valence-corrected chi connectivity index (χ2v) is 7.63. The summed E-state index contributed by atoms with van der Waals surface area (Å²) in [5, 5.41) is 2.92. The fraction of sp³-hybridized carbons (Fsp3) is 0.579. The van der Waals surface area contributed by atoms with Gasteiger partial charge in [-0.1, -0.05) is 25.0 Å². The van der Waals surface area contributed by atoms with Crippen molar-refractivity contribution in [2.45, 2.75) is 55.6 Å². The maximum Gasteiger partial charge on any atom is 0.339 e. The number of nitrogens with one attached hydrogen (secondary N) is 1. The van der Waals surface area contributed by atoms with Crippen molar-refractivity contribution in [3.8, 4) is 0 Å². The van der Waals surface area contributed by atoms with E-state index in [0.717, 1.165) is 55.8 Å². The van der Waals surface area contributed by atoms with E-state index in [0.29, 0.717) is 5.56 Å². The first-order valence-electron chi connectivity index (χ1n) is 9.02.